The van der Waals surface area contributed by atoms with Crippen LogP contribution >= 0.6 is 27.7 Å². The lowest BCUT2D eigenvalue weighted by atomic mass is 10.0. The van der Waals surface area contributed by atoms with Gasteiger partial charge in [-0.2, -0.15) is 5.26 Å². The van der Waals surface area contributed by atoms with Gasteiger partial charge in [-0.3, -0.25) is 14.5 Å². The highest BCUT2D eigenvalue weighted by Crippen LogP contribution is 2.40. The molecule has 0 radical (unpaired) electrons. The summed E-state index contributed by atoms with van der Waals surface area (Å²) in [4.78, 5) is 27.6. The number of benzene rings is 4. The first-order valence-corrected chi connectivity index (χ1v) is 13.3. The summed E-state index contributed by atoms with van der Waals surface area (Å²) in [7, 11) is 1.54. The van der Waals surface area contributed by atoms with Crippen LogP contribution < -0.4 is 9.47 Å². The Morgan fingerprint density at radius 1 is 1.03 bits per heavy atom. The summed E-state index contributed by atoms with van der Waals surface area (Å²) in [6, 6.07) is 26.6. The maximum atomic E-state index is 13.2. The van der Waals surface area contributed by atoms with E-state index in [4.69, 9.17) is 14.7 Å². The number of rotatable bonds is 7. The van der Waals surface area contributed by atoms with Crippen LogP contribution in [0.15, 0.2) is 88.2 Å². The zero-order valence-corrected chi connectivity index (χ0v) is 22.7. The fourth-order valence-electron chi connectivity index (χ4n) is 4.18. The van der Waals surface area contributed by atoms with E-state index >= 15 is 0 Å². The molecule has 0 N–H and O–H groups in total. The molecule has 5 rings (SSSR count). The fraction of sp³-hybridized carbons (Fsp3) is 0.100. The van der Waals surface area contributed by atoms with Crippen LogP contribution in [-0.4, -0.2) is 23.2 Å². The van der Waals surface area contributed by atoms with Crippen LogP contribution in [0.3, 0.4) is 0 Å². The van der Waals surface area contributed by atoms with Crippen LogP contribution in [-0.2, 0) is 17.9 Å². The van der Waals surface area contributed by atoms with Crippen molar-refractivity contribution in [3.8, 4) is 17.6 Å². The number of nitriles is 1. The van der Waals surface area contributed by atoms with Crippen molar-refractivity contribution in [3.05, 3.63) is 110 Å². The second-order valence-electron chi connectivity index (χ2n) is 8.54. The van der Waals surface area contributed by atoms with E-state index in [1.54, 1.807) is 24.3 Å². The van der Waals surface area contributed by atoms with Crippen molar-refractivity contribution in [2.45, 2.75) is 13.2 Å². The summed E-state index contributed by atoms with van der Waals surface area (Å²) >= 11 is 4.47. The van der Waals surface area contributed by atoms with Crippen molar-refractivity contribution < 1.29 is 19.1 Å². The van der Waals surface area contributed by atoms with Gasteiger partial charge in [-0.05, 0) is 85.5 Å². The largest absolute Gasteiger partial charge is 0.493 e. The van der Waals surface area contributed by atoms with Gasteiger partial charge in [0.05, 0.1) is 34.7 Å². The predicted octanol–water partition coefficient (Wildman–Crippen LogP) is 7.30. The van der Waals surface area contributed by atoms with Crippen LogP contribution in [0.25, 0.3) is 16.8 Å². The quantitative estimate of drug-likeness (QED) is 0.212. The molecule has 4 aromatic rings. The Kier molecular flexibility index (Phi) is 7.50. The number of halogens is 1. The van der Waals surface area contributed by atoms with Gasteiger partial charge < -0.3 is 9.47 Å². The molecule has 2 amide bonds. The lowest BCUT2D eigenvalue weighted by Crippen LogP contribution is -2.27. The summed E-state index contributed by atoms with van der Waals surface area (Å²) < 4.78 is 12.2. The van der Waals surface area contributed by atoms with E-state index in [0.717, 1.165) is 33.7 Å². The Hall–Kier alpha value is -4.06. The third-order valence-electron chi connectivity index (χ3n) is 6.10. The molecule has 0 spiro atoms. The topological polar surface area (TPSA) is 79.6 Å². The molecule has 1 fully saturated rings. The van der Waals surface area contributed by atoms with E-state index in [1.165, 1.54) is 12.0 Å². The minimum absolute atomic E-state index is 0.207. The van der Waals surface area contributed by atoms with Crippen molar-refractivity contribution in [1.29, 1.82) is 5.26 Å². The van der Waals surface area contributed by atoms with Gasteiger partial charge in [-0.15, -0.1) is 0 Å². The standard InChI is InChI=1S/C30H21BrN2O4S/c1-36-26-14-21(13-25(31)28(26)37-18-20-11-9-19(16-32)10-12-20)15-27-29(34)33(30(35)38-27)17-23-7-4-6-22-5-2-3-8-24(22)23/h2-15H,17-18H2,1H3/b27-15-. The molecule has 1 heterocycles. The number of fused-ring (bicyclic) bond motifs is 1. The molecule has 0 aliphatic carbocycles. The molecule has 1 saturated heterocycles. The number of hydrogen-bond acceptors (Lipinski definition) is 6. The molecule has 1 aliphatic heterocycles. The van der Waals surface area contributed by atoms with Crippen LogP contribution in [0.2, 0.25) is 0 Å². The van der Waals surface area contributed by atoms with Crippen molar-refractivity contribution in [1.82, 2.24) is 4.90 Å². The SMILES string of the molecule is COc1cc(/C=C2\SC(=O)N(Cc3cccc4ccccc34)C2=O)cc(Br)c1OCc1ccc(C#N)cc1. The molecular formula is C30H21BrN2O4S. The zero-order chi connectivity index (χ0) is 26.6. The van der Waals surface area contributed by atoms with E-state index in [2.05, 4.69) is 22.0 Å². The number of methoxy groups -OCH3 is 1. The predicted molar refractivity (Wildman–Crippen MR) is 152 cm³/mol. The maximum Gasteiger partial charge on any atom is 0.293 e. The summed E-state index contributed by atoms with van der Waals surface area (Å²) in [5.74, 6) is 0.663. The van der Waals surface area contributed by atoms with Gasteiger partial charge in [0.25, 0.3) is 11.1 Å². The van der Waals surface area contributed by atoms with Crippen LogP contribution in [0.1, 0.15) is 22.3 Å². The molecule has 0 saturated carbocycles. The zero-order valence-electron chi connectivity index (χ0n) is 20.3. The van der Waals surface area contributed by atoms with E-state index < -0.39 is 0 Å². The Balaban J connectivity index is 1.35. The molecule has 38 heavy (non-hydrogen) atoms. The van der Waals surface area contributed by atoms with Gasteiger partial charge in [0, 0.05) is 0 Å². The number of carbonyl (C=O) groups excluding carboxylic acids is 2. The molecule has 1 aliphatic rings. The first kappa shape index (κ1) is 25.6. The second kappa shape index (κ2) is 11.1. The molecule has 8 heteroatoms. The van der Waals surface area contributed by atoms with Gasteiger partial charge in [0.15, 0.2) is 11.5 Å². The van der Waals surface area contributed by atoms with Crippen LogP contribution in [0.5, 0.6) is 11.5 Å². The summed E-state index contributed by atoms with van der Waals surface area (Å²) in [5, 5.41) is 10.7. The summed E-state index contributed by atoms with van der Waals surface area (Å²) in [5.41, 5.74) is 3.09. The Bertz CT molecular complexity index is 1620. The number of carbonyl (C=O) groups is 2. The number of hydrogen-bond donors (Lipinski definition) is 0. The third kappa shape index (κ3) is 5.30. The van der Waals surface area contributed by atoms with E-state index in [-0.39, 0.29) is 24.3 Å². The number of nitrogens with zero attached hydrogens (tertiary/aromatic N) is 2. The highest BCUT2D eigenvalue weighted by molar-refractivity contribution is 9.10. The molecular weight excluding hydrogens is 564 g/mol. The Morgan fingerprint density at radius 3 is 2.55 bits per heavy atom. The Labute approximate surface area is 232 Å². The third-order valence-corrected chi connectivity index (χ3v) is 7.59. The summed E-state index contributed by atoms with van der Waals surface area (Å²) in [6.07, 6.45) is 1.69. The average Bonchev–Trinajstić information content (AvgIpc) is 3.19. The molecule has 0 unspecified atom stereocenters. The molecule has 0 atom stereocenters. The minimum atomic E-state index is -0.329. The van der Waals surface area contributed by atoms with E-state index in [1.807, 2.05) is 60.7 Å². The van der Waals surface area contributed by atoms with E-state index in [0.29, 0.717) is 32.0 Å². The Morgan fingerprint density at radius 2 is 1.79 bits per heavy atom. The van der Waals surface area contributed by atoms with Crippen LogP contribution in [0, 0.1) is 11.3 Å². The van der Waals surface area contributed by atoms with Gasteiger partial charge in [-0.25, -0.2) is 0 Å². The molecule has 6 nitrogen and oxygen atoms in total. The summed E-state index contributed by atoms with van der Waals surface area (Å²) in [6.45, 7) is 0.492. The lowest BCUT2D eigenvalue weighted by Gasteiger charge is -2.15. The monoisotopic (exact) mass is 584 g/mol. The van der Waals surface area contributed by atoms with Gasteiger partial charge in [-0.1, -0.05) is 54.6 Å². The molecule has 0 bridgehead atoms. The van der Waals surface area contributed by atoms with Gasteiger partial charge >= 0.3 is 0 Å². The smallest absolute Gasteiger partial charge is 0.293 e. The van der Waals surface area contributed by atoms with Crippen molar-refractivity contribution >= 4 is 55.7 Å². The first-order chi connectivity index (χ1) is 18.5. The normalized spacial score (nSPS) is 14.2. The minimum Gasteiger partial charge on any atom is -0.493 e. The molecule has 4 aromatic carbocycles. The fourth-order valence-corrected chi connectivity index (χ4v) is 5.60. The van der Waals surface area contributed by atoms with Gasteiger partial charge in [0.2, 0.25) is 0 Å². The van der Waals surface area contributed by atoms with Gasteiger partial charge in [0.1, 0.15) is 6.61 Å². The first-order valence-electron chi connectivity index (χ1n) is 11.7. The second-order valence-corrected chi connectivity index (χ2v) is 10.4. The van der Waals surface area contributed by atoms with Crippen LogP contribution in [0.4, 0.5) is 4.79 Å². The number of thioether (sulfide) groups is 1. The highest BCUT2D eigenvalue weighted by atomic mass is 79.9. The number of amides is 2. The average molecular weight is 585 g/mol. The van der Waals surface area contributed by atoms with E-state index in [9.17, 15) is 9.59 Å². The molecule has 0 aromatic heterocycles. The maximum absolute atomic E-state index is 13.2. The van der Waals surface area contributed by atoms with Crippen molar-refractivity contribution in [3.63, 3.8) is 0 Å². The highest BCUT2D eigenvalue weighted by Gasteiger charge is 2.35. The molecule has 188 valence electrons. The lowest BCUT2D eigenvalue weighted by molar-refractivity contribution is -0.123. The number of imide groups is 1. The van der Waals surface area contributed by atoms with Crippen molar-refractivity contribution in [2.24, 2.45) is 0 Å². The van der Waals surface area contributed by atoms with Crippen molar-refractivity contribution in [2.75, 3.05) is 7.11 Å². The number of ether oxygens (including phenoxy) is 2.